The number of hydrogen-bond acceptors (Lipinski definition) is 5. The van der Waals surface area contributed by atoms with E-state index in [1.54, 1.807) is 24.8 Å². The molecule has 0 bridgehead atoms. The summed E-state index contributed by atoms with van der Waals surface area (Å²) in [5.74, 6) is 1.82. The highest BCUT2D eigenvalue weighted by atomic mass is 28.3. The summed E-state index contributed by atoms with van der Waals surface area (Å²) in [6.07, 6.45) is 11.0. The number of aromatic nitrogens is 6. The molecule has 0 fully saturated rings. The Bertz CT molecular complexity index is 1590. The maximum absolute atomic E-state index is 5.95. The lowest BCUT2D eigenvalue weighted by Gasteiger charge is -2.16. The molecule has 0 saturated carbocycles. The lowest BCUT2D eigenvalue weighted by atomic mass is 10.2. The third-order valence-corrected chi connectivity index (χ3v) is 8.33. The van der Waals surface area contributed by atoms with E-state index in [9.17, 15) is 0 Å². The molecule has 7 nitrogen and oxygen atoms in total. The number of hydrogen-bond donors (Lipinski definition) is 1. The largest absolute Gasteiger partial charge is 0.361 e. The summed E-state index contributed by atoms with van der Waals surface area (Å²) in [6.45, 7) is 8.42. The molecule has 0 aliphatic rings. The number of pyridine rings is 2. The van der Waals surface area contributed by atoms with Crippen LogP contribution < -0.4 is 0 Å². The van der Waals surface area contributed by atoms with E-state index in [1.165, 1.54) is 6.04 Å². The molecule has 0 aliphatic heterocycles. The van der Waals surface area contributed by atoms with Gasteiger partial charge in [0, 0.05) is 67.9 Å². The van der Waals surface area contributed by atoms with Gasteiger partial charge in [-0.2, -0.15) is 0 Å². The van der Waals surface area contributed by atoms with Crippen LogP contribution in [-0.4, -0.2) is 44.2 Å². The molecule has 0 spiro atoms. The SMILES string of the molecule is C[Si](C)(C)CCOCn1cc(-c2ccncc2)nc1-c1ccccc1.c1ccc(-c2ncc(-c3ccncc3)[nH]2)cc1. The number of imidazole rings is 2. The van der Waals surface area contributed by atoms with E-state index < -0.39 is 8.07 Å². The average molecular weight is 573 g/mol. The van der Waals surface area contributed by atoms with Crippen molar-refractivity contribution in [3.63, 3.8) is 0 Å². The molecule has 0 radical (unpaired) electrons. The lowest BCUT2D eigenvalue weighted by Crippen LogP contribution is -2.22. The van der Waals surface area contributed by atoms with Gasteiger partial charge in [0.2, 0.25) is 0 Å². The van der Waals surface area contributed by atoms with E-state index in [4.69, 9.17) is 9.72 Å². The molecule has 2 aromatic carbocycles. The van der Waals surface area contributed by atoms with Crippen LogP contribution in [0.3, 0.4) is 0 Å². The zero-order valence-corrected chi connectivity index (χ0v) is 25.3. The van der Waals surface area contributed by atoms with Crippen LogP contribution in [0.1, 0.15) is 0 Å². The molecule has 6 rings (SSSR count). The van der Waals surface area contributed by atoms with E-state index in [0.717, 1.165) is 51.9 Å². The molecule has 6 aromatic rings. The first-order valence-electron chi connectivity index (χ1n) is 14.1. The van der Waals surface area contributed by atoms with Gasteiger partial charge in [-0.15, -0.1) is 0 Å². The van der Waals surface area contributed by atoms with Crippen LogP contribution in [0.2, 0.25) is 25.7 Å². The van der Waals surface area contributed by atoms with E-state index in [1.807, 2.05) is 79.0 Å². The second-order valence-corrected chi connectivity index (χ2v) is 16.7. The van der Waals surface area contributed by atoms with Crippen LogP contribution in [0.25, 0.3) is 45.3 Å². The van der Waals surface area contributed by atoms with Crippen LogP contribution in [0.15, 0.2) is 122 Å². The average Bonchev–Trinajstić information content (AvgIpc) is 3.70. The van der Waals surface area contributed by atoms with Crippen molar-refractivity contribution in [2.45, 2.75) is 32.4 Å². The highest BCUT2D eigenvalue weighted by molar-refractivity contribution is 6.76. The topological polar surface area (TPSA) is 81.5 Å². The first-order chi connectivity index (χ1) is 20.5. The molecule has 0 aliphatic carbocycles. The highest BCUT2D eigenvalue weighted by Gasteiger charge is 2.14. The first-order valence-corrected chi connectivity index (χ1v) is 17.8. The van der Waals surface area contributed by atoms with Gasteiger partial charge in [0.15, 0.2) is 0 Å². The Hall–Kier alpha value is -4.66. The quantitative estimate of drug-likeness (QED) is 0.140. The van der Waals surface area contributed by atoms with Crippen LogP contribution in [0, 0.1) is 0 Å². The summed E-state index contributed by atoms with van der Waals surface area (Å²) < 4.78 is 8.04. The molecule has 4 aromatic heterocycles. The normalized spacial score (nSPS) is 11.1. The fourth-order valence-corrected chi connectivity index (χ4v) is 5.03. The minimum Gasteiger partial charge on any atom is -0.361 e. The monoisotopic (exact) mass is 572 g/mol. The Morgan fingerprint density at radius 3 is 1.93 bits per heavy atom. The summed E-state index contributed by atoms with van der Waals surface area (Å²) in [7, 11) is -1.08. The van der Waals surface area contributed by atoms with Gasteiger partial charge in [-0.25, -0.2) is 9.97 Å². The molecular weight excluding hydrogens is 537 g/mol. The second-order valence-electron chi connectivity index (χ2n) is 11.1. The van der Waals surface area contributed by atoms with Gasteiger partial charge in [-0.1, -0.05) is 80.3 Å². The zero-order valence-electron chi connectivity index (χ0n) is 24.3. The second kappa shape index (κ2) is 13.8. The number of ether oxygens (including phenoxy) is 1. The fourth-order valence-electron chi connectivity index (χ4n) is 4.28. The molecule has 0 atom stereocenters. The maximum Gasteiger partial charge on any atom is 0.142 e. The number of benzene rings is 2. The lowest BCUT2D eigenvalue weighted by molar-refractivity contribution is 0.0883. The maximum atomic E-state index is 5.95. The Morgan fingerprint density at radius 1 is 0.714 bits per heavy atom. The Balaban J connectivity index is 0.000000180. The minimum absolute atomic E-state index is 0.521. The van der Waals surface area contributed by atoms with E-state index in [0.29, 0.717) is 6.73 Å². The van der Waals surface area contributed by atoms with Crippen LogP contribution in [-0.2, 0) is 11.5 Å². The summed E-state index contributed by atoms with van der Waals surface area (Å²) in [6, 6.07) is 29.4. The Morgan fingerprint density at radius 2 is 1.31 bits per heavy atom. The Kier molecular flexibility index (Phi) is 9.48. The summed E-state index contributed by atoms with van der Waals surface area (Å²) in [5, 5.41) is 0. The fraction of sp³-hybridized carbons (Fsp3) is 0.176. The van der Waals surface area contributed by atoms with Crippen molar-refractivity contribution >= 4 is 8.07 Å². The first kappa shape index (κ1) is 28.9. The molecule has 0 unspecified atom stereocenters. The third kappa shape index (κ3) is 7.96. The van der Waals surface area contributed by atoms with Crippen molar-refractivity contribution in [2.24, 2.45) is 0 Å². The van der Waals surface area contributed by atoms with Crippen molar-refractivity contribution in [1.82, 2.24) is 29.5 Å². The standard InChI is InChI=1S/C20H25N3OSi.C14H11N3/c1-25(2,3)14-13-24-16-23-15-19(17-9-11-21-12-10-17)22-20(23)18-7-5-4-6-8-18;1-2-4-12(5-3-1)14-16-10-13(17-14)11-6-8-15-9-7-11/h4-12,15H,13-14,16H2,1-3H3;1-10H,(H,16,17). The minimum atomic E-state index is -1.08. The predicted octanol–water partition coefficient (Wildman–Crippen LogP) is 8.06. The predicted molar refractivity (Wildman–Crippen MR) is 172 cm³/mol. The number of nitrogens with one attached hydrogen (secondary N) is 1. The molecule has 4 heterocycles. The van der Waals surface area contributed by atoms with E-state index >= 15 is 0 Å². The number of rotatable bonds is 9. The van der Waals surface area contributed by atoms with Crippen molar-refractivity contribution in [3.05, 3.63) is 122 Å². The van der Waals surface area contributed by atoms with Crippen LogP contribution in [0.5, 0.6) is 0 Å². The molecule has 212 valence electrons. The summed E-state index contributed by atoms with van der Waals surface area (Å²) in [4.78, 5) is 20.6. The molecule has 8 heteroatoms. The Labute approximate surface area is 248 Å². The van der Waals surface area contributed by atoms with Gasteiger partial charge < -0.3 is 14.3 Å². The van der Waals surface area contributed by atoms with Gasteiger partial charge >= 0.3 is 0 Å². The van der Waals surface area contributed by atoms with Gasteiger partial charge in [-0.05, 0) is 30.3 Å². The molecule has 0 amide bonds. The van der Waals surface area contributed by atoms with Gasteiger partial charge in [-0.3, -0.25) is 9.97 Å². The highest BCUT2D eigenvalue weighted by Crippen LogP contribution is 2.25. The summed E-state index contributed by atoms with van der Waals surface area (Å²) in [5.41, 5.74) is 6.29. The van der Waals surface area contributed by atoms with E-state index in [-0.39, 0.29) is 0 Å². The van der Waals surface area contributed by atoms with Crippen molar-refractivity contribution < 1.29 is 4.74 Å². The smallest absolute Gasteiger partial charge is 0.142 e. The number of H-pyrrole nitrogens is 1. The number of aromatic amines is 1. The van der Waals surface area contributed by atoms with Crippen LogP contribution in [0.4, 0.5) is 0 Å². The van der Waals surface area contributed by atoms with Gasteiger partial charge in [0.25, 0.3) is 0 Å². The van der Waals surface area contributed by atoms with Gasteiger partial charge in [0.05, 0.1) is 17.6 Å². The molecule has 0 saturated heterocycles. The van der Waals surface area contributed by atoms with Gasteiger partial charge in [0.1, 0.15) is 18.4 Å². The zero-order chi connectivity index (χ0) is 29.2. The van der Waals surface area contributed by atoms with Crippen molar-refractivity contribution in [2.75, 3.05) is 6.61 Å². The summed E-state index contributed by atoms with van der Waals surface area (Å²) >= 11 is 0. The molecular formula is C34H36N6OSi. The molecule has 1 N–H and O–H groups in total. The van der Waals surface area contributed by atoms with Crippen molar-refractivity contribution in [1.29, 1.82) is 0 Å². The third-order valence-electron chi connectivity index (χ3n) is 6.63. The van der Waals surface area contributed by atoms with Crippen LogP contribution >= 0.6 is 0 Å². The number of nitrogens with zero attached hydrogens (tertiary/aromatic N) is 5. The molecule has 42 heavy (non-hydrogen) atoms. The van der Waals surface area contributed by atoms with E-state index in [2.05, 4.69) is 62.5 Å². The van der Waals surface area contributed by atoms with Crippen molar-refractivity contribution in [3.8, 4) is 45.3 Å².